The zero-order chi connectivity index (χ0) is 12.0. The van der Waals surface area contributed by atoms with Crippen LogP contribution in [0, 0.1) is 0 Å². The van der Waals surface area contributed by atoms with Gasteiger partial charge in [-0.3, -0.25) is 4.90 Å². The van der Waals surface area contributed by atoms with Crippen molar-refractivity contribution < 1.29 is 19.4 Å². The highest BCUT2D eigenvalue weighted by atomic mass is 16.6. The smallest absolute Gasteiger partial charge is 0.412 e. The summed E-state index contributed by atoms with van der Waals surface area (Å²) in [6, 6.07) is 0. The van der Waals surface area contributed by atoms with Gasteiger partial charge in [0, 0.05) is 6.61 Å². The first-order valence-electron chi connectivity index (χ1n) is 5.69. The predicted molar refractivity (Wildman–Crippen MR) is 56.9 cm³/mol. The Hall–Kier alpha value is -0.810. The van der Waals surface area contributed by atoms with Crippen molar-refractivity contribution in [2.45, 2.75) is 51.0 Å². The lowest BCUT2D eigenvalue weighted by Crippen LogP contribution is -2.55. The number of amides is 1. The van der Waals surface area contributed by atoms with Gasteiger partial charge in [-0.2, -0.15) is 0 Å². The molecule has 2 saturated heterocycles. The first kappa shape index (κ1) is 11.7. The number of carbonyl (C=O) groups excluding carboxylic acids is 1. The third-order valence-electron chi connectivity index (χ3n) is 3.64. The van der Waals surface area contributed by atoms with Crippen LogP contribution in [0.3, 0.4) is 0 Å². The maximum absolute atomic E-state index is 11.7. The van der Waals surface area contributed by atoms with Gasteiger partial charge in [0.25, 0.3) is 0 Å². The summed E-state index contributed by atoms with van der Waals surface area (Å²) in [4.78, 5) is 13.0. The third kappa shape index (κ3) is 1.68. The van der Waals surface area contributed by atoms with Crippen LogP contribution in [0.4, 0.5) is 4.79 Å². The standard InChI is InChI=1S/C11H19NO4/c1-10(2)11(3,14)12(9(13)16-10)7-8-5-4-6-15-8/h8,14H,4-7H2,1-3H3/t8-,11+/m1/s1. The van der Waals surface area contributed by atoms with Gasteiger partial charge in [-0.15, -0.1) is 0 Å². The second-order valence-electron chi connectivity index (χ2n) is 5.14. The Bertz CT molecular complexity index is 294. The molecule has 0 unspecified atom stereocenters. The molecule has 2 aliphatic rings. The number of hydrogen-bond donors (Lipinski definition) is 1. The summed E-state index contributed by atoms with van der Waals surface area (Å²) in [5, 5.41) is 10.3. The molecule has 0 aromatic carbocycles. The number of aliphatic hydroxyl groups is 1. The quantitative estimate of drug-likeness (QED) is 0.770. The number of cyclic esters (lactones) is 1. The van der Waals surface area contributed by atoms with Crippen LogP contribution in [0.1, 0.15) is 33.6 Å². The van der Waals surface area contributed by atoms with E-state index < -0.39 is 17.4 Å². The minimum Gasteiger partial charge on any atom is -0.438 e. The van der Waals surface area contributed by atoms with Crippen LogP contribution in [0.15, 0.2) is 0 Å². The van der Waals surface area contributed by atoms with Crippen LogP contribution in [0.25, 0.3) is 0 Å². The Morgan fingerprint density at radius 2 is 2.19 bits per heavy atom. The summed E-state index contributed by atoms with van der Waals surface area (Å²) >= 11 is 0. The fourth-order valence-corrected chi connectivity index (χ4v) is 2.12. The molecule has 0 bridgehead atoms. The van der Waals surface area contributed by atoms with Gasteiger partial charge in [0.1, 0.15) is 0 Å². The van der Waals surface area contributed by atoms with E-state index in [4.69, 9.17) is 9.47 Å². The van der Waals surface area contributed by atoms with Crippen molar-refractivity contribution in [3.8, 4) is 0 Å². The van der Waals surface area contributed by atoms with Crippen molar-refractivity contribution in [2.24, 2.45) is 0 Å². The lowest BCUT2D eigenvalue weighted by atomic mass is 9.95. The number of hydrogen-bond acceptors (Lipinski definition) is 4. The Morgan fingerprint density at radius 3 is 2.62 bits per heavy atom. The molecule has 5 nitrogen and oxygen atoms in total. The average Bonchev–Trinajstić information content (AvgIpc) is 2.68. The highest BCUT2D eigenvalue weighted by Gasteiger charge is 2.56. The molecule has 1 N–H and O–H groups in total. The van der Waals surface area contributed by atoms with Crippen LogP contribution >= 0.6 is 0 Å². The predicted octanol–water partition coefficient (Wildman–Crippen LogP) is 1.10. The van der Waals surface area contributed by atoms with Crippen molar-refractivity contribution in [2.75, 3.05) is 13.2 Å². The van der Waals surface area contributed by atoms with Crippen LogP contribution in [-0.2, 0) is 9.47 Å². The van der Waals surface area contributed by atoms with E-state index in [0.717, 1.165) is 19.4 Å². The monoisotopic (exact) mass is 229 g/mol. The number of carbonyl (C=O) groups is 1. The lowest BCUT2D eigenvalue weighted by Gasteiger charge is -2.35. The van der Waals surface area contributed by atoms with E-state index in [1.807, 2.05) is 0 Å². The zero-order valence-corrected chi connectivity index (χ0v) is 10.0. The topological polar surface area (TPSA) is 59.0 Å². The summed E-state index contributed by atoms with van der Waals surface area (Å²) in [6.45, 7) is 6.15. The molecule has 0 saturated carbocycles. The van der Waals surface area contributed by atoms with Crippen LogP contribution in [-0.4, -0.2) is 46.7 Å². The molecule has 2 aliphatic heterocycles. The maximum atomic E-state index is 11.7. The van der Waals surface area contributed by atoms with E-state index in [1.165, 1.54) is 4.90 Å². The lowest BCUT2D eigenvalue weighted by molar-refractivity contribution is -0.133. The molecule has 0 aromatic heterocycles. The summed E-state index contributed by atoms with van der Waals surface area (Å²) in [5.41, 5.74) is -2.17. The van der Waals surface area contributed by atoms with Crippen molar-refractivity contribution in [3.05, 3.63) is 0 Å². The molecule has 2 heterocycles. The molecule has 0 spiro atoms. The molecule has 92 valence electrons. The fourth-order valence-electron chi connectivity index (χ4n) is 2.12. The summed E-state index contributed by atoms with van der Waals surface area (Å²) < 4.78 is 10.6. The molecule has 0 aromatic rings. The summed E-state index contributed by atoms with van der Waals surface area (Å²) in [7, 11) is 0. The van der Waals surface area contributed by atoms with Gasteiger partial charge in [0.15, 0.2) is 11.3 Å². The SMILES string of the molecule is CC1(C)OC(=O)N(C[C@H]2CCCO2)[C@@]1(C)O. The van der Waals surface area contributed by atoms with E-state index in [-0.39, 0.29) is 6.10 Å². The first-order chi connectivity index (χ1) is 7.34. The summed E-state index contributed by atoms with van der Waals surface area (Å²) in [5.74, 6) is 0. The van der Waals surface area contributed by atoms with Gasteiger partial charge in [-0.05, 0) is 33.6 Å². The molecule has 0 radical (unpaired) electrons. The fraction of sp³-hybridized carbons (Fsp3) is 0.909. The van der Waals surface area contributed by atoms with Crippen molar-refractivity contribution in [3.63, 3.8) is 0 Å². The maximum Gasteiger partial charge on any atom is 0.412 e. The van der Waals surface area contributed by atoms with E-state index >= 15 is 0 Å². The number of nitrogens with zero attached hydrogens (tertiary/aromatic N) is 1. The van der Waals surface area contributed by atoms with Crippen LogP contribution in [0.2, 0.25) is 0 Å². The molecule has 1 amide bonds. The number of rotatable bonds is 2. The van der Waals surface area contributed by atoms with Gasteiger partial charge in [-0.1, -0.05) is 0 Å². The highest BCUT2D eigenvalue weighted by Crippen LogP contribution is 2.37. The van der Waals surface area contributed by atoms with Crippen molar-refractivity contribution in [1.82, 2.24) is 4.90 Å². The zero-order valence-electron chi connectivity index (χ0n) is 10.0. The number of ether oxygens (including phenoxy) is 2. The van der Waals surface area contributed by atoms with E-state index in [9.17, 15) is 9.90 Å². The Morgan fingerprint density at radius 1 is 1.50 bits per heavy atom. The first-order valence-corrected chi connectivity index (χ1v) is 5.69. The second kappa shape index (κ2) is 3.60. The van der Waals surface area contributed by atoms with Gasteiger partial charge in [0.05, 0.1) is 12.6 Å². The van der Waals surface area contributed by atoms with Crippen LogP contribution < -0.4 is 0 Å². The van der Waals surface area contributed by atoms with Gasteiger partial charge in [-0.25, -0.2) is 4.79 Å². The Balaban J connectivity index is 2.11. The van der Waals surface area contributed by atoms with E-state index in [2.05, 4.69) is 0 Å². The van der Waals surface area contributed by atoms with E-state index in [0.29, 0.717) is 6.54 Å². The molecular weight excluding hydrogens is 210 g/mol. The normalized spacial score (nSPS) is 37.9. The largest absolute Gasteiger partial charge is 0.438 e. The summed E-state index contributed by atoms with van der Waals surface area (Å²) in [6.07, 6.45) is 1.50. The van der Waals surface area contributed by atoms with Crippen LogP contribution in [0.5, 0.6) is 0 Å². The van der Waals surface area contributed by atoms with Crippen molar-refractivity contribution in [1.29, 1.82) is 0 Å². The average molecular weight is 229 g/mol. The molecule has 16 heavy (non-hydrogen) atoms. The third-order valence-corrected chi connectivity index (χ3v) is 3.64. The molecule has 2 fully saturated rings. The molecule has 5 heteroatoms. The Labute approximate surface area is 95.3 Å². The molecule has 0 aliphatic carbocycles. The minimum atomic E-state index is -1.28. The minimum absolute atomic E-state index is 0.0212. The molecule has 2 atom stereocenters. The molecule has 2 rings (SSSR count). The Kier molecular flexibility index (Phi) is 2.62. The van der Waals surface area contributed by atoms with Gasteiger partial charge >= 0.3 is 6.09 Å². The van der Waals surface area contributed by atoms with Gasteiger partial charge < -0.3 is 14.6 Å². The highest BCUT2D eigenvalue weighted by molar-refractivity contribution is 5.72. The van der Waals surface area contributed by atoms with Crippen molar-refractivity contribution >= 4 is 6.09 Å². The second-order valence-corrected chi connectivity index (χ2v) is 5.14. The molecular formula is C11H19NO4. The van der Waals surface area contributed by atoms with E-state index in [1.54, 1.807) is 20.8 Å². The van der Waals surface area contributed by atoms with Gasteiger partial charge in [0.2, 0.25) is 0 Å².